The highest BCUT2D eigenvalue weighted by molar-refractivity contribution is 5.81. The molecule has 1 aliphatic carbocycles. The van der Waals surface area contributed by atoms with E-state index in [1.54, 1.807) is 0 Å². The Bertz CT molecular complexity index is 1020. The van der Waals surface area contributed by atoms with Crippen molar-refractivity contribution in [3.63, 3.8) is 0 Å². The summed E-state index contributed by atoms with van der Waals surface area (Å²) >= 11 is 0. The number of alkyl carbamates (subject to hydrolysis) is 1. The monoisotopic (exact) mass is 466 g/mol. The Morgan fingerprint density at radius 1 is 1.06 bits per heavy atom. The molecule has 34 heavy (non-hydrogen) atoms. The van der Waals surface area contributed by atoms with E-state index in [1.807, 2.05) is 38.1 Å². The molecule has 1 saturated heterocycles. The first kappa shape index (κ1) is 23.8. The Morgan fingerprint density at radius 3 is 2.26 bits per heavy atom. The van der Waals surface area contributed by atoms with Gasteiger partial charge in [0.05, 0.1) is 6.04 Å². The number of carboxylic acids is 1. The van der Waals surface area contributed by atoms with Gasteiger partial charge in [0.25, 0.3) is 0 Å². The largest absolute Gasteiger partial charge is 0.479 e. The second kappa shape index (κ2) is 10.3. The molecule has 0 spiro atoms. The van der Waals surface area contributed by atoms with Crippen LogP contribution < -0.4 is 10.6 Å². The average molecular weight is 467 g/mol. The Labute approximate surface area is 198 Å². The lowest BCUT2D eigenvalue weighted by atomic mass is 9.98. The fourth-order valence-electron chi connectivity index (χ4n) is 4.69. The third-order valence-electron chi connectivity index (χ3n) is 6.54. The molecule has 0 bridgehead atoms. The molecule has 3 N–H and O–H groups in total. The fourth-order valence-corrected chi connectivity index (χ4v) is 4.69. The quantitative estimate of drug-likeness (QED) is 0.550. The van der Waals surface area contributed by atoms with Crippen LogP contribution >= 0.6 is 0 Å². The molecule has 2 aromatic carbocycles. The van der Waals surface area contributed by atoms with Crippen LogP contribution in [0.3, 0.4) is 0 Å². The molecule has 180 valence electrons. The minimum Gasteiger partial charge on any atom is -0.479 e. The summed E-state index contributed by atoms with van der Waals surface area (Å²) in [6.45, 7) is 4.28. The van der Waals surface area contributed by atoms with Gasteiger partial charge in [-0.25, -0.2) is 9.59 Å². The Hall–Kier alpha value is -3.39. The van der Waals surface area contributed by atoms with Crippen molar-refractivity contribution >= 4 is 18.0 Å². The Balaban J connectivity index is 1.34. The zero-order chi connectivity index (χ0) is 24.2. The van der Waals surface area contributed by atoms with Crippen molar-refractivity contribution in [1.29, 1.82) is 0 Å². The Morgan fingerprint density at radius 2 is 1.68 bits per heavy atom. The molecular formula is C26H30N2O6. The first-order valence-corrected chi connectivity index (χ1v) is 11.6. The van der Waals surface area contributed by atoms with E-state index in [0.717, 1.165) is 22.3 Å². The highest BCUT2D eigenvalue weighted by Crippen LogP contribution is 2.44. The molecule has 2 amide bonds. The van der Waals surface area contributed by atoms with E-state index in [4.69, 9.17) is 9.47 Å². The van der Waals surface area contributed by atoms with Crippen LogP contribution in [0, 0.1) is 5.92 Å². The zero-order valence-electron chi connectivity index (χ0n) is 19.3. The maximum Gasteiger partial charge on any atom is 0.407 e. The van der Waals surface area contributed by atoms with Gasteiger partial charge in [-0.15, -0.1) is 0 Å². The summed E-state index contributed by atoms with van der Waals surface area (Å²) in [7, 11) is 0. The third-order valence-corrected chi connectivity index (χ3v) is 6.54. The molecule has 1 aliphatic heterocycles. The molecule has 3 atom stereocenters. The van der Waals surface area contributed by atoms with Crippen molar-refractivity contribution < 1.29 is 29.0 Å². The zero-order valence-corrected chi connectivity index (χ0v) is 19.3. The van der Waals surface area contributed by atoms with Crippen molar-refractivity contribution in [2.24, 2.45) is 5.92 Å². The van der Waals surface area contributed by atoms with Crippen LogP contribution in [0.25, 0.3) is 11.1 Å². The number of amides is 2. The predicted molar refractivity (Wildman–Crippen MR) is 125 cm³/mol. The highest BCUT2D eigenvalue weighted by Gasteiger charge is 2.36. The number of benzene rings is 2. The predicted octanol–water partition coefficient (Wildman–Crippen LogP) is 3.30. The lowest BCUT2D eigenvalue weighted by Crippen LogP contribution is -2.47. The molecule has 8 heteroatoms. The van der Waals surface area contributed by atoms with E-state index in [9.17, 15) is 19.5 Å². The van der Waals surface area contributed by atoms with Gasteiger partial charge in [0, 0.05) is 25.0 Å². The molecule has 2 aromatic rings. The van der Waals surface area contributed by atoms with Crippen LogP contribution in [0.4, 0.5) is 4.79 Å². The third kappa shape index (κ3) is 5.07. The molecule has 8 nitrogen and oxygen atoms in total. The molecule has 1 heterocycles. The van der Waals surface area contributed by atoms with E-state index >= 15 is 0 Å². The van der Waals surface area contributed by atoms with Gasteiger partial charge >= 0.3 is 12.1 Å². The first-order chi connectivity index (χ1) is 16.3. The van der Waals surface area contributed by atoms with Crippen molar-refractivity contribution in [2.75, 3.05) is 13.2 Å². The van der Waals surface area contributed by atoms with Gasteiger partial charge in [0.2, 0.25) is 5.91 Å². The van der Waals surface area contributed by atoms with Gasteiger partial charge in [-0.3, -0.25) is 4.79 Å². The normalized spacial score (nSPS) is 19.9. The minimum absolute atomic E-state index is 0.0186. The number of hydrogen-bond donors (Lipinski definition) is 3. The lowest BCUT2D eigenvalue weighted by molar-refractivity contribution is -0.148. The number of carboxylic acid groups (broad SMARTS) is 1. The number of aliphatic carboxylic acids is 1. The number of rotatable bonds is 8. The van der Waals surface area contributed by atoms with E-state index in [0.29, 0.717) is 6.42 Å². The Kier molecular flexibility index (Phi) is 7.17. The van der Waals surface area contributed by atoms with Crippen molar-refractivity contribution in [3.8, 4) is 11.1 Å². The summed E-state index contributed by atoms with van der Waals surface area (Å²) < 4.78 is 10.8. The molecule has 0 aromatic heterocycles. The van der Waals surface area contributed by atoms with Crippen LogP contribution in [-0.2, 0) is 19.1 Å². The molecule has 0 radical (unpaired) electrons. The van der Waals surface area contributed by atoms with E-state index in [-0.39, 0.29) is 37.4 Å². The van der Waals surface area contributed by atoms with Crippen molar-refractivity contribution in [2.45, 2.75) is 50.8 Å². The van der Waals surface area contributed by atoms with E-state index in [1.165, 1.54) is 0 Å². The second-order valence-corrected chi connectivity index (χ2v) is 9.12. The summed E-state index contributed by atoms with van der Waals surface area (Å²) in [6, 6.07) is 15.2. The maximum absolute atomic E-state index is 12.6. The van der Waals surface area contributed by atoms with Crippen LogP contribution in [0.5, 0.6) is 0 Å². The first-order valence-electron chi connectivity index (χ1n) is 11.6. The number of fused-ring (bicyclic) bond motifs is 3. The molecule has 2 aliphatic rings. The number of ether oxygens (including phenoxy) is 2. The van der Waals surface area contributed by atoms with Gasteiger partial charge in [-0.2, -0.15) is 0 Å². The maximum atomic E-state index is 12.6. The fraction of sp³-hybridized carbons (Fsp3) is 0.423. The second-order valence-electron chi connectivity index (χ2n) is 9.12. The van der Waals surface area contributed by atoms with Crippen LogP contribution in [0.2, 0.25) is 0 Å². The molecule has 1 fully saturated rings. The summed E-state index contributed by atoms with van der Waals surface area (Å²) in [5.41, 5.74) is 4.56. The summed E-state index contributed by atoms with van der Waals surface area (Å²) in [5, 5.41) is 14.7. The topological polar surface area (TPSA) is 114 Å². The van der Waals surface area contributed by atoms with Crippen molar-refractivity contribution in [1.82, 2.24) is 10.6 Å². The van der Waals surface area contributed by atoms with E-state index in [2.05, 4.69) is 34.9 Å². The molecular weight excluding hydrogens is 436 g/mol. The molecule has 0 saturated carbocycles. The van der Waals surface area contributed by atoms with E-state index < -0.39 is 30.3 Å². The van der Waals surface area contributed by atoms with Crippen LogP contribution in [-0.4, -0.2) is 54.5 Å². The van der Waals surface area contributed by atoms with Crippen LogP contribution in [0.15, 0.2) is 48.5 Å². The molecule has 4 rings (SSSR count). The minimum atomic E-state index is -1.10. The average Bonchev–Trinajstić information content (AvgIpc) is 3.40. The summed E-state index contributed by atoms with van der Waals surface area (Å²) in [6.07, 6.45) is -1.17. The number of nitrogens with one attached hydrogen (secondary N) is 2. The number of hydrogen-bond acceptors (Lipinski definition) is 5. The van der Waals surface area contributed by atoms with Gasteiger partial charge in [-0.1, -0.05) is 62.4 Å². The molecule has 0 unspecified atom stereocenters. The van der Waals surface area contributed by atoms with Gasteiger partial charge in [0.15, 0.2) is 6.10 Å². The van der Waals surface area contributed by atoms with Gasteiger partial charge in [-0.05, 0) is 34.6 Å². The summed E-state index contributed by atoms with van der Waals surface area (Å²) in [5.74, 6) is -1.50. The number of carbonyl (C=O) groups is 3. The smallest absolute Gasteiger partial charge is 0.407 e. The lowest BCUT2D eigenvalue weighted by Gasteiger charge is -2.24. The standard InChI is InChI=1S/C26H30N2O6/c1-15(2)22(13-23(29)27-21-11-12-33-24(21)25(30)31)28-26(32)34-14-20-18-9-5-3-7-16(18)17-8-4-6-10-19(17)20/h3-10,15,20-22,24H,11-14H2,1-2H3,(H,27,29)(H,28,32)(H,30,31)/t21-,22-,24+/m0/s1. The van der Waals surface area contributed by atoms with Gasteiger partial charge in [0.1, 0.15) is 6.61 Å². The van der Waals surface area contributed by atoms with Gasteiger partial charge < -0.3 is 25.2 Å². The SMILES string of the molecule is CC(C)[C@H](CC(=O)N[C@H]1CCO[C@H]1C(=O)O)NC(=O)OCC1c2ccccc2-c2ccccc21. The number of carbonyl (C=O) groups excluding carboxylic acids is 2. The summed E-state index contributed by atoms with van der Waals surface area (Å²) in [4.78, 5) is 36.5. The highest BCUT2D eigenvalue weighted by atomic mass is 16.5. The van der Waals surface area contributed by atoms with Crippen molar-refractivity contribution in [3.05, 3.63) is 59.7 Å². The van der Waals surface area contributed by atoms with Crippen LogP contribution in [0.1, 0.15) is 43.7 Å².